The van der Waals surface area contributed by atoms with Crippen LogP contribution in [0.15, 0.2) is 89.3 Å². The van der Waals surface area contributed by atoms with Crippen molar-refractivity contribution >= 4 is 45.2 Å². The van der Waals surface area contributed by atoms with E-state index < -0.39 is 83.0 Å². The summed E-state index contributed by atoms with van der Waals surface area (Å²) < 4.78 is 31.6. The predicted molar refractivity (Wildman–Crippen MR) is 234 cm³/mol. The van der Waals surface area contributed by atoms with Gasteiger partial charge in [0.05, 0.1) is 41.8 Å². The molecule has 63 heavy (non-hydrogen) atoms. The molecule has 9 unspecified atom stereocenters. The van der Waals surface area contributed by atoms with E-state index in [1.807, 2.05) is 6.07 Å². The number of amides is 1. The molecule has 0 spiro atoms. The van der Waals surface area contributed by atoms with Gasteiger partial charge in [-0.15, -0.1) is 0 Å². The minimum Gasteiger partial charge on any atom is -0.507 e. The number of para-hydroxylation sites is 1. The van der Waals surface area contributed by atoms with Gasteiger partial charge in [0.2, 0.25) is 0 Å². The maximum absolute atomic E-state index is 14.9. The van der Waals surface area contributed by atoms with Crippen LogP contribution in [0, 0.1) is 30.6 Å². The van der Waals surface area contributed by atoms with Crippen LogP contribution in [-0.2, 0) is 23.8 Å². The normalized spacial score (nSPS) is 28.9. The topological polar surface area (TPSA) is 212 Å². The number of aromatic nitrogens is 2. The van der Waals surface area contributed by atoms with Gasteiger partial charge in [0.25, 0.3) is 11.7 Å². The van der Waals surface area contributed by atoms with Crippen molar-refractivity contribution in [3.05, 3.63) is 96.0 Å². The summed E-state index contributed by atoms with van der Waals surface area (Å²) in [6.45, 7) is 12.8. The summed E-state index contributed by atoms with van der Waals surface area (Å²) in [6, 6.07) is 12.4. The van der Waals surface area contributed by atoms with Crippen molar-refractivity contribution in [3.8, 4) is 34.5 Å². The number of ether oxygens (including phenoxy) is 4. The molecule has 0 radical (unpaired) electrons. The minimum atomic E-state index is -2.02. The maximum atomic E-state index is 14.9. The van der Waals surface area contributed by atoms with Gasteiger partial charge in [-0.3, -0.25) is 19.0 Å². The highest BCUT2D eigenvalue weighted by Gasteiger charge is 2.50. The molecular formula is C48H53N3O12. The first-order chi connectivity index (χ1) is 29.9. The van der Waals surface area contributed by atoms with Gasteiger partial charge in [-0.1, -0.05) is 64.1 Å². The molecule has 0 fully saturated rings. The molecule has 0 saturated carbocycles. The first kappa shape index (κ1) is 44.6. The molecule has 5 N–H and O–H groups in total. The molecule has 2 aliphatic rings. The number of Topliss-reactive ketones (excluding diaryl/α,β-unsaturated/α-hetero) is 1. The smallest absolute Gasteiger partial charge is 0.312 e. The Kier molecular flexibility index (Phi) is 12.3. The lowest BCUT2D eigenvalue weighted by Crippen LogP contribution is -2.46. The van der Waals surface area contributed by atoms with Crippen molar-refractivity contribution in [2.75, 3.05) is 12.4 Å². The van der Waals surface area contributed by atoms with Gasteiger partial charge in [0.15, 0.2) is 17.3 Å². The van der Waals surface area contributed by atoms with Gasteiger partial charge >= 0.3 is 11.8 Å². The summed E-state index contributed by atoms with van der Waals surface area (Å²) in [4.78, 5) is 46.5. The van der Waals surface area contributed by atoms with Crippen LogP contribution in [0.3, 0.4) is 0 Å². The summed E-state index contributed by atoms with van der Waals surface area (Å²) in [5.74, 6) is -6.76. The molecule has 2 aromatic heterocycles. The number of phenolic OH excluding ortho intramolecular Hbond substituents is 2. The van der Waals surface area contributed by atoms with Crippen molar-refractivity contribution in [1.82, 2.24) is 9.55 Å². The Morgan fingerprint density at radius 3 is 2.29 bits per heavy atom. The fourth-order valence-electron chi connectivity index (χ4n) is 8.69. The number of imidazole rings is 1. The third kappa shape index (κ3) is 7.85. The molecule has 0 saturated heterocycles. The van der Waals surface area contributed by atoms with E-state index in [4.69, 9.17) is 28.3 Å². The molecule has 5 aromatic rings. The number of anilines is 1. The average Bonchev–Trinajstić information content (AvgIpc) is 4.00. The molecule has 15 heteroatoms. The molecule has 2 aliphatic heterocycles. The molecule has 15 nitrogen and oxygen atoms in total. The number of methoxy groups -OCH3 is 1. The van der Waals surface area contributed by atoms with Crippen molar-refractivity contribution < 1.29 is 58.2 Å². The molecule has 4 heterocycles. The van der Waals surface area contributed by atoms with Crippen molar-refractivity contribution in [1.29, 1.82) is 0 Å². The second-order valence-electron chi connectivity index (χ2n) is 16.6. The SMILES string of the molecule is COC1/C=C/OC2(C)Oc3c(C)c(O)c4c(O)c(c5c(nc(-c6ccco6)n5-c5ccccc5)c4c3C2=O)NC(=O)/C(C)=C\C=C\C(C)C(O)C(C)C(O)C(C)C(OC(C)=O)C1C. The molecule has 4 bridgehead atoms. The number of rotatable bonds is 4. The number of hydrogen-bond acceptors (Lipinski definition) is 13. The summed E-state index contributed by atoms with van der Waals surface area (Å²) in [7, 11) is 1.45. The summed E-state index contributed by atoms with van der Waals surface area (Å²) >= 11 is 0. The number of carbonyl (C=O) groups excluding carboxylic acids is 3. The van der Waals surface area contributed by atoms with Crippen LogP contribution < -0.4 is 10.1 Å². The van der Waals surface area contributed by atoms with E-state index in [0.717, 1.165) is 0 Å². The molecule has 9 atom stereocenters. The second kappa shape index (κ2) is 17.4. The number of carbonyl (C=O) groups is 3. The van der Waals surface area contributed by atoms with E-state index in [2.05, 4.69) is 5.32 Å². The Balaban J connectivity index is 1.49. The van der Waals surface area contributed by atoms with Crippen LogP contribution in [0.1, 0.15) is 64.4 Å². The Hall–Kier alpha value is -6.42. The number of esters is 1. The lowest BCUT2D eigenvalue weighted by molar-refractivity contribution is -0.160. The predicted octanol–water partition coefficient (Wildman–Crippen LogP) is 7.65. The molecule has 332 valence electrons. The average molecular weight is 864 g/mol. The van der Waals surface area contributed by atoms with Crippen LogP contribution >= 0.6 is 0 Å². The summed E-state index contributed by atoms with van der Waals surface area (Å²) in [5.41, 5.74) is 1.03. The van der Waals surface area contributed by atoms with E-state index in [9.17, 15) is 34.8 Å². The van der Waals surface area contributed by atoms with E-state index >= 15 is 0 Å². The number of benzene rings is 3. The number of aromatic hydroxyl groups is 2. The Labute approximate surface area is 364 Å². The zero-order valence-electron chi connectivity index (χ0n) is 36.6. The number of aliphatic hydroxyl groups is 2. The van der Waals surface area contributed by atoms with Crippen LogP contribution in [0.25, 0.3) is 39.1 Å². The van der Waals surface area contributed by atoms with Crippen molar-refractivity contribution in [2.24, 2.45) is 23.7 Å². The highest BCUT2D eigenvalue weighted by molar-refractivity contribution is 6.28. The lowest BCUT2D eigenvalue weighted by Gasteiger charge is -2.38. The van der Waals surface area contributed by atoms with Crippen LogP contribution in [0.2, 0.25) is 0 Å². The Morgan fingerprint density at radius 1 is 0.921 bits per heavy atom. The quantitative estimate of drug-likeness (QED) is 0.0869. The first-order valence-corrected chi connectivity index (χ1v) is 20.8. The minimum absolute atomic E-state index is 0.0109. The molecule has 7 rings (SSSR count). The van der Waals surface area contributed by atoms with Gasteiger partial charge in [-0.2, -0.15) is 0 Å². The number of fused-ring (bicyclic) bond motifs is 1. The fraction of sp³-hybridized carbons (Fsp3) is 0.375. The van der Waals surface area contributed by atoms with Crippen molar-refractivity contribution in [2.45, 2.75) is 85.6 Å². The van der Waals surface area contributed by atoms with Gasteiger partial charge in [-0.25, -0.2) is 4.98 Å². The highest BCUT2D eigenvalue weighted by Crippen LogP contribution is 2.54. The second-order valence-corrected chi connectivity index (χ2v) is 16.6. The number of phenols is 2. The summed E-state index contributed by atoms with van der Waals surface area (Å²) in [5, 5.41) is 50.1. The van der Waals surface area contributed by atoms with E-state index in [1.54, 1.807) is 93.8 Å². The monoisotopic (exact) mass is 863 g/mol. The van der Waals surface area contributed by atoms with Crippen LogP contribution in [0.4, 0.5) is 5.69 Å². The van der Waals surface area contributed by atoms with Gasteiger partial charge in [0, 0.05) is 66.8 Å². The zero-order valence-corrected chi connectivity index (χ0v) is 36.6. The molecule has 1 amide bonds. The standard InChI is InChI=1S/C48H53N3O12/c1-23-15-13-16-24(2)47(58)50-37-38-36(49-46(32-19-14-21-60-32)51(38)30-17-11-10-12-18-30)33-34(42(37)56)41(55)28(6)44-35(33)45(57)48(8,63-44)61-22-20-31(59-9)25(3)43(62-29(7)52)27(5)40(54)26(4)39(23)53/h10-23,25-27,31,39-40,43,53-56H,1-9H3,(H,50,58)/b15-13+,22-20+,24-16-. The maximum Gasteiger partial charge on any atom is 0.312 e. The largest absolute Gasteiger partial charge is 0.507 e. The third-order valence-electron chi connectivity index (χ3n) is 12.4. The van der Waals surface area contributed by atoms with Crippen molar-refractivity contribution in [3.63, 3.8) is 0 Å². The van der Waals surface area contributed by atoms with Crippen LogP contribution in [0.5, 0.6) is 17.2 Å². The first-order valence-electron chi connectivity index (χ1n) is 20.8. The van der Waals surface area contributed by atoms with E-state index in [0.29, 0.717) is 11.4 Å². The number of ketones is 1. The van der Waals surface area contributed by atoms with E-state index in [1.165, 1.54) is 46.5 Å². The summed E-state index contributed by atoms with van der Waals surface area (Å²) in [6.07, 6.45) is 5.23. The molecule has 0 aliphatic carbocycles. The highest BCUT2D eigenvalue weighted by atomic mass is 16.7. The number of nitrogens with one attached hydrogen (secondary N) is 1. The number of aliphatic hydroxyl groups excluding tert-OH is 2. The van der Waals surface area contributed by atoms with Crippen LogP contribution in [-0.4, -0.2) is 84.9 Å². The number of allylic oxidation sites excluding steroid dienone is 2. The van der Waals surface area contributed by atoms with Gasteiger partial charge in [0.1, 0.15) is 34.3 Å². The third-order valence-corrected chi connectivity index (χ3v) is 12.4. The van der Waals surface area contributed by atoms with Gasteiger partial charge in [-0.05, 0) is 44.2 Å². The fourth-order valence-corrected chi connectivity index (χ4v) is 8.69. The molecular weight excluding hydrogens is 811 g/mol. The lowest BCUT2D eigenvalue weighted by atomic mass is 9.78. The molecule has 3 aromatic carbocycles. The van der Waals surface area contributed by atoms with Gasteiger partial charge < -0.3 is 49.1 Å². The van der Waals surface area contributed by atoms with E-state index in [-0.39, 0.29) is 55.8 Å². The number of nitrogens with zero attached hydrogens (tertiary/aromatic N) is 2. The number of hydrogen-bond donors (Lipinski definition) is 5. The Morgan fingerprint density at radius 2 is 1.63 bits per heavy atom. The zero-order chi connectivity index (χ0) is 45.7. The Bertz CT molecular complexity index is 2670. The number of furan rings is 1.